The number of sulfonamides is 1. The molecule has 178 valence electrons. The van der Waals surface area contributed by atoms with Crippen molar-refractivity contribution in [1.82, 2.24) is 5.32 Å². The highest BCUT2D eigenvalue weighted by atomic mass is 32.2. The van der Waals surface area contributed by atoms with Crippen molar-refractivity contribution < 1.29 is 22.7 Å². The van der Waals surface area contributed by atoms with E-state index < -0.39 is 10.0 Å². The van der Waals surface area contributed by atoms with Gasteiger partial charge in [-0.3, -0.25) is 9.10 Å². The van der Waals surface area contributed by atoms with Gasteiger partial charge in [-0.15, -0.1) is 0 Å². The monoisotopic (exact) mass is 473 g/mol. The first-order valence-electron chi connectivity index (χ1n) is 11.5. The molecule has 1 fully saturated rings. The Hall–Kier alpha value is -2.94. The van der Waals surface area contributed by atoms with E-state index >= 15 is 0 Å². The van der Waals surface area contributed by atoms with Crippen molar-refractivity contribution in [1.29, 1.82) is 0 Å². The fraction of sp³-hybridized carbons (Fsp3) is 0.458. The molecule has 4 rings (SSSR count). The number of ether oxygens (including phenoxy) is 2. The highest BCUT2D eigenvalue weighted by Crippen LogP contribution is 2.34. The molecule has 0 unspecified atom stereocenters. The van der Waals surface area contributed by atoms with Gasteiger partial charge in [-0.2, -0.15) is 0 Å². The summed E-state index contributed by atoms with van der Waals surface area (Å²) in [4.78, 5) is 15.1. The van der Waals surface area contributed by atoms with E-state index in [1.807, 2.05) is 12.1 Å². The number of rotatable bonds is 8. The number of fused-ring (bicyclic) bond motifs is 1. The molecule has 33 heavy (non-hydrogen) atoms. The lowest BCUT2D eigenvalue weighted by molar-refractivity contribution is -0.119. The Bertz CT molecular complexity index is 1070. The number of anilines is 2. The number of piperidine rings is 1. The van der Waals surface area contributed by atoms with Crippen molar-refractivity contribution in [2.24, 2.45) is 0 Å². The zero-order chi connectivity index (χ0) is 23.3. The zero-order valence-corrected chi connectivity index (χ0v) is 19.8. The van der Waals surface area contributed by atoms with Gasteiger partial charge in [0.15, 0.2) is 11.5 Å². The molecule has 0 saturated carbocycles. The van der Waals surface area contributed by atoms with Crippen molar-refractivity contribution in [3.05, 3.63) is 48.0 Å². The van der Waals surface area contributed by atoms with Gasteiger partial charge >= 0.3 is 0 Å². The lowest BCUT2D eigenvalue weighted by atomic mass is 10.1. The SMILES string of the molecule is CCS(=O)(=O)N(CC(=O)NCc1ccc(N2CCCCC2)cc1)c1ccc2c(c1)OCCO2. The zero-order valence-electron chi connectivity index (χ0n) is 19.0. The van der Waals surface area contributed by atoms with Crippen LogP contribution in [0.3, 0.4) is 0 Å². The van der Waals surface area contributed by atoms with Gasteiger partial charge < -0.3 is 19.7 Å². The predicted molar refractivity (Wildman–Crippen MR) is 129 cm³/mol. The molecule has 2 aromatic rings. The van der Waals surface area contributed by atoms with Crippen LogP contribution in [-0.4, -0.2) is 52.9 Å². The van der Waals surface area contributed by atoms with Crippen LogP contribution in [0.15, 0.2) is 42.5 Å². The molecule has 2 heterocycles. The van der Waals surface area contributed by atoms with Gasteiger partial charge in [-0.1, -0.05) is 12.1 Å². The van der Waals surface area contributed by atoms with E-state index in [0.29, 0.717) is 36.9 Å². The van der Waals surface area contributed by atoms with E-state index in [2.05, 4.69) is 22.3 Å². The van der Waals surface area contributed by atoms with Crippen molar-refractivity contribution in [2.75, 3.05) is 47.8 Å². The van der Waals surface area contributed by atoms with Crippen molar-refractivity contribution in [3.8, 4) is 11.5 Å². The van der Waals surface area contributed by atoms with Gasteiger partial charge in [0.05, 0.1) is 11.4 Å². The summed E-state index contributed by atoms with van der Waals surface area (Å²) in [5.41, 5.74) is 2.54. The van der Waals surface area contributed by atoms with Crippen LogP contribution < -0.4 is 24.0 Å². The number of carbonyl (C=O) groups is 1. The third-order valence-electron chi connectivity index (χ3n) is 5.95. The van der Waals surface area contributed by atoms with Gasteiger partial charge in [-0.25, -0.2) is 8.42 Å². The summed E-state index contributed by atoms with van der Waals surface area (Å²) in [5, 5.41) is 2.84. The number of hydrogen-bond donors (Lipinski definition) is 1. The maximum Gasteiger partial charge on any atom is 0.241 e. The molecule has 1 saturated heterocycles. The average molecular weight is 474 g/mol. The summed E-state index contributed by atoms with van der Waals surface area (Å²) in [6.45, 7) is 4.60. The summed E-state index contributed by atoms with van der Waals surface area (Å²) in [5.74, 6) is 0.551. The van der Waals surface area contributed by atoms with E-state index in [1.54, 1.807) is 25.1 Å². The number of benzene rings is 2. The summed E-state index contributed by atoms with van der Waals surface area (Å²) < 4.78 is 37.7. The highest BCUT2D eigenvalue weighted by molar-refractivity contribution is 7.92. The maximum atomic E-state index is 12.7. The summed E-state index contributed by atoms with van der Waals surface area (Å²) in [6.07, 6.45) is 3.73. The van der Waals surface area contributed by atoms with Gasteiger partial charge in [-0.05, 0) is 56.0 Å². The number of nitrogens with one attached hydrogen (secondary N) is 1. The molecule has 1 amide bonds. The van der Waals surface area contributed by atoms with E-state index in [-0.39, 0.29) is 18.2 Å². The minimum atomic E-state index is -3.67. The first-order valence-corrected chi connectivity index (χ1v) is 13.1. The summed E-state index contributed by atoms with van der Waals surface area (Å²) in [6, 6.07) is 13.1. The lowest BCUT2D eigenvalue weighted by Crippen LogP contribution is -2.41. The van der Waals surface area contributed by atoms with Crippen LogP contribution in [-0.2, 0) is 21.4 Å². The molecule has 0 aromatic heterocycles. The molecule has 0 spiro atoms. The molecule has 9 heteroatoms. The van der Waals surface area contributed by atoms with Crippen molar-refractivity contribution in [3.63, 3.8) is 0 Å². The third-order valence-corrected chi connectivity index (χ3v) is 7.69. The van der Waals surface area contributed by atoms with Crippen LogP contribution in [0.1, 0.15) is 31.7 Å². The minimum absolute atomic E-state index is 0.118. The van der Waals surface area contributed by atoms with Gasteiger partial charge in [0, 0.05) is 31.4 Å². The molecule has 0 aliphatic carbocycles. The lowest BCUT2D eigenvalue weighted by Gasteiger charge is -2.28. The Kier molecular flexibility index (Phi) is 7.27. The molecule has 0 bridgehead atoms. The normalized spacial score (nSPS) is 15.7. The fourth-order valence-electron chi connectivity index (χ4n) is 4.06. The van der Waals surface area contributed by atoms with Crippen LogP contribution in [0.4, 0.5) is 11.4 Å². The van der Waals surface area contributed by atoms with Gasteiger partial charge in [0.25, 0.3) is 0 Å². The topological polar surface area (TPSA) is 88.2 Å². The Morgan fingerprint density at radius 1 is 1.00 bits per heavy atom. The Balaban J connectivity index is 1.40. The number of nitrogens with zero attached hydrogens (tertiary/aromatic N) is 2. The smallest absolute Gasteiger partial charge is 0.241 e. The second kappa shape index (κ2) is 10.3. The van der Waals surface area contributed by atoms with E-state index in [0.717, 1.165) is 23.0 Å². The van der Waals surface area contributed by atoms with E-state index in [1.165, 1.54) is 24.9 Å². The second-order valence-corrected chi connectivity index (χ2v) is 10.4. The van der Waals surface area contributed by atoms with E-state index in [4.69, 9.17) is 9.47 Å². The highest BCUT2D eigenvalue weighted by Gasteiger charge is 2.25. The van der Waals surface area contributed by atoms with Crippen LogP contribution in [0.2, 0.25) is 0 Å². The van der Waals surface area contributed by atoms with Crippen LogP contribution >= 0.6 is 0 Å². The maximum absolute atomic E-state index is 12.7. The third kappa shape index (κ3) is 5.71. The van der Waals surface area contributed by atoms with Crippen LogP contribution in [0.25, 0.3) is 0 Å². The second-order valence-electron chi connectivity index (χ2n) is 8.23. The van der Waals surface area contributed by atoms with Crippen LogP contribution in [0.5, 0.6) is 11.5 Å². The molecule has 2 aliphatic heterocycles. The molecular weight excluding hydrogens is 442 g/mol. The number of amides is 1. The molecular formula is C24H31N3O5S. The first-order chi connectivity index (χ1) is 16.0. The summed E-state index contributed by atoms with van der Waals surface area (Å²) >= 11 is 0. The van der Waals surface area contributed by atoms with Crippen molar-refractivity contribution >= 4 is 27.3 Å². The predicted octanol–water partition coefficient (Wildman–Crippen LogP) is 2.92. The van der Waals surface area contributed by atoms with Gasteiger partial charge in [0.1, 0.15) is 19.8 Å². The molecule has 2 aliphatic rings. The quantitative estimate of drug-likeness (QED) is 0.634. The Morgan fingerprint density at radius 2 is 1.70 bits per heavy atom. The Morgan fingerprint density at radius 3 is 2.39 bits per heavy atom. The van der Waals surface area contributed by atoms with E-state index in [9.17, 15) is 13.2 Å². The number of hydrogen-bond acceptors (Lipinski definition) is 6. The molecule has 0 atom stereocenters. The number of carbonyl (C=O) groups excluding carboxylic acids is 1. The molecule has 8 nitrogen and oxygen atoms in total. The van der Waals surface area contributed by atoms with Crippen molar-refractivity contribution in [2.45, 2.75) is 32.7 Å². The minimum Gasteiger partial charge on any atom is -0.486 e. The Labute approximate surface area is 195 Å². The molecule has 0 radical (unpaired) electrons. The van der Waals surface area contributed by atoms with Gasteiger partial charge in [0.2, 0.25) is 15.9 Å². The largest absolute Gasteiger partial charge is 0.486 e. The first kappa shape index (κ1) is 23.2. The average Bonchev–Trinajstić information content (AvgIpc) is 2.86. The fourth-order valence-corrected chi connectivity index (χ4v) is 5.12. The molecule has 2 aromatic carbocycles. The molecule has 1 N–H and O–H groups in total. The van der Waals surface area contributed by atoms with Crippen LogP contribution in [0, 0.1) is 0 Å². The standard InChI is InChI=1S/C24H31N3O5S/c1-2-33(29,30)27(21-10-11-22-23(16-21)32-15-14-31-22)18-24(28)25-17-19-6-8-20(9-7-19)26-12-4-3-5-13-26/h6-11,16H,2-5,12-15,17-18H2,1H3,(H,25,28). The summed E-state index contributed by atoms with van der Waals surface area (Å²) in [7, 11) is -3.67.